The summed E-state index contributed by atoms with van der Waals surface area (Å²) in [7, 11) is -3.47. The van der Waals surface area contributed by atoms with Crippen molar-refractivity contribution in [1.82, 2.24) is 14.6 Å². The number of amides is 1. The Balaban J connectivity index is 1.27. The minimum Gasteiger partial charge on any atom is -0.356 e. The van der Waals surface area contributed by atoms with Gasteiger partial charge in [0, 0.05) is 37.6 Å². The first-order chi connectivity index (χ1) is 16.9. The highest BCUT2D eigenvalue weighted by molar-refractivity contribution is 7.89. The van der Waals surface area contributed by atoms with Crippen LogP contribution in [0.3, 0.4) is 0 Å². The van der Waals surface area contributed by atoms with Gasteiger partial charge in [0.1, 0.15) is 5.82 Å². The van der Waals surface area contributed by atoms with E-state index >= 15 is 0 Å². The van der Waals surface area contributed by atoms with E-state index in [1.54, 1.807) is 16.4 Å². The van der Waals surface area contributed by atoms with Gasteiger partial charge in [-0.05, 0) is 87.6 Å². The average molecular weight is 499 g/mol. The van der Waals surface area contributed by atoms with Gasteiger partial charge in [-0.1, -0.05) is 13.3 Å². The number of fused-ring (bicyclic) bond motifs is 1. The molecule has 1 aromatic heterocycles. The van der Waals surface area contributed by atoms with E-state index in [0.717, 1.165) is 74.1 Å². The number of hydrogen-bond donors (Lipinski definition) is 1. The third-order valence-corrected chi connectivity index (χ3v) is 9.97. The molecule has 0 unspecified atom stereocenters. The third kappa shape index (κ3) is 5.48. The number of benzene rings is 1. The van der Waals surface area contributed by atoms with Crippen LogP contribution < -0.4 is 10.2 Å². The molecule has 1 N–H and O–H groups in total. The number of nitrogens with one attached hydrogen (secondary N) is 1. The van der Waals surface area contributed by atoms with E-state index in [1.807, 2.05) is 18.2 Å². The SMILES string of the molecule is CC1CCC(NC(=O)[C@H]2CCCN(c3ccc4cc(S(=O)(=O)N5CCCCC5)ccc4n3)C2)CC1. The average Bonchev–Trinajstić information content (AvgIpc) is 2.90. The van der Waals surface area contributed by atoms with Crippen LogP contribution >= 0.6 is 0 Å². The molecule has 8 heteroatoms. The van der Waals surface area contributed by atoms with Crippen molar-refractivity contribution in [2.45, 2.75) is 75.6 Å². The van der Waals surface area contributed by atoms with Gasteiger partial charge in [0.2, 0.25) is 15.9 Å². The Morgan fingerprint density at radius 1 is 0.943 bits per heavy atom. The van der Waals surface area contributed by atoms with Crippen LogP contribution in [-0.2, 0) is 14.8 Å². The number of sulfonamides is 1. The monoisotopic (exact) mass is 498 g/mol. The van der Waals surface area contributed by atoms with Crippen molar-refractivity contribution in [3.05, 3.63) is 30.3 Å². The van der Waals surface area contributed by atoms with E-state index in [4.69, 9.17) is 4.98 Å². The van der Waals surface area contributed by atoms with E-state index in [-0.39, 0.29) is 11.8 Å². The first kappa shape index (κ1) is 24.5. The van der Waals surface area contributed by atoms with Crippen molar-refractivity contribution in [2.75, 3.05) is 31.1 Å². The zero-order valence-electron chi connectivity index (χ0n) is 20.8. The molecule has 0 radical (unpaired) electrons. The van der Waals surface area contributed by atoms with Crippen molar-refractivity contribution in [1.29, 1.82) is 0 Å². The molecule has 3 aliphatic rings. The van der Waals surface area contributed by atoms with Crippen LogP contribution in [0.5, 0.6) is 0 Å². The first-order valence-electron chi connectivity index (χ1n) is 13.4. The van der Waals surface area contributed by atoms with Crippen molar-refractivity contribution in [2.24, 2.45) is 11.8 Å². The summed E-state index contributed by atoms with van der Waals surface area (Å²) < 4.78 is 27.7. The number of nitrogens with zero attached hydrogens (tertiary/aromatic N) is 3. The number of pyridine rings is 1. The lowest BCUT2D eigenvalue weighted by Gasteiger charge is -2.34. The minimum absolute atomic E-state index is 0.0161. The molecule has 2 aromatic rings. The highest BCUT2D eigenvalue weighted by Crippen LogP contribution is 2.28. The number of carbonyl (C=O) groups excluding carboxylic acids is 1. The summed E-state index contributed by atoms with van der Waals surface area (Å²) in [5.74, 6) is 1.79. The fourth-order valence-electron chi connectivity index (χ4n) is 5.81. The molecule has 190 valence electrons. The Morgan fingerprint density at radius 2 is 1.71 bits per heavy atom. The molecule has 1 aromatic carbocycles. The molecule has 1 atom stereocenters. The fraction of sp³-hybridized carbons (Fsp3) is 0.630. The molecule has 2 aliphatic heterocycles. The van der Waals surface area contributed by atoms with Crippen LogP contribution in [0.25, 0.3) is 10.9 Å². The van der Waals surface area contributed by atoms with Crippen molar-refractivity contribution >= 4 is 32.7 Å². The number of carbonyl (C=O) groups is 1. The molecule has 2 saturated heterocycles. The molecule has 7 nitrogen and oxygen atoms in total. The minimum atomic E-state index is -3.47. The fourth-order valence-corrected chi connectivity index (χ4v) is 7.36. The van der Waals surface area contributed by atoms with Crippen LogP contribution in [0.2, 0.25) is 0 Å². The highest BCUT2D eigenvalue weighted by atomic mass is 32.2. The zero-order valence-corrected chi connectivity index (χ0v) is 21.6. The Hall–Kier alpha value is -2.19. The maximum Gasteiger partial charge on any atom is 0.243 e. The van der Waals surface area contributed by atoms with Crippen molar-refractivity contribution in [3.63, 3.8) is 0 Å². The van der Waals surface area contributed by atoms with Gasteiger partial charge in [0.05, 0.1) is 16.3 Å². The number of hydrogen-bond acceptors (Lipinski definition) is 5. The molecule has 0 spiro atoms. The number of rotatable bonds is 5. The zero-order chi connectivity index (χ0) is 24.4. The predicted octanol–water partition coefficient (Wildman–Crippen LogP) is 4.32. The van der Waals surface area contributed by atoms with E-state index in [2.05, 4.69) is 17.1 Å². The lowest BCUT2D eigenvalue weighted by atomic mass is 9.87. The Kier molecular flexibility index (Phi) is 7.30. The van der Waals surface area contributed by atoms with E-state index in [9.17, 15) is 13.2 Å². The second-order valence-corrected chi connectivity index (χ2v) is 12.7. The highest BCUT2D eigenvalue weighted by Gasteiger charge is 2.30. The van der Waals surface area contributed by atoms with Gasteiger partial charge in [-0.3, -0.25) is 4.79 Å². The van der Waals surface area contributed by atoms with Gasteiger partial charge in [-0.2, -0.15) is 4.31 Å². The number of piperidine rings is 2. The topological polar surface area (TPSA) is 82.6 Å². The molecule has 3 heterocycles. The van der Waals surface area contributed by atoms with Gasteiger partial charge in [0.15, 0.2) is 0 Å². The standard InChI is InChI=1S/C27H38N4O3S/c1-20-7-10-23(11-8-20)28-27(32)22-6-5-15-30(19-22)26-14-9-21-18-24(12-13-25(21)29-26)35(33,34)31-16-3-2-4-17-31/h9,12-14,18,20,22-23H,2-8,10-11,15-17,19H2,1H3,(H,28,32)/t20?,22-,23?/m0/s1. The van der Waals surface area contributed by atoms with Crippen LogP contribution in [0.4, 0.5) is 5.82 Å². The predicted molar refractivity (Wildman–Crippen MR) is 139 cm³/mol. The largest absolute Gasteiger partial charge is 0.356 e. The van der Waals surface area contributed by atoms with Gasteiger partial charge >= 0.3 is 0 Å². The summed E-state index contributed by atoms with van der Waals surface area (Å²) in [6.07, 6.45) is 9.39. The summed E-state index contributed by atoms with van der Waals surface area (Å²) in [5, 5.41) is 4.13. The quantitative estimate of drug-likeness (QED) is 0.664. The van der Waals surface area contributed by atoms with Gasteiger partial charge in [0.25, 0.3) is 0 Å². The van der Waals surface area contributed by atoms with Crippen LogP contribution in [0.15, 0.2) is 35.2 Å². The van der Waals surface area contributed by atoms with Gasteiger partial charge in [-0.15, -0.1) is 0 Å². The molecule has 5 rings (SSSR count). The number of anilines is 1. The molecule has 0 bridgehead atoms. The molecule has 3 fully saturated rings. The summed E-state index contributed by atoms with van der Waals surface area (Å²) >= 11 is 0. The molecule has 1 aliphatic carbocycles. The van der Waals surface area contributed by atoms with E-state index in [0.29, 0.717) is 30.6 Å². The first-order valence-corrected chi connectivity index (χ1v) is 14.8. The lowest BCUT2D eigenvalue weighted by Crippen LogP contribution is -2.47. The van der Waals surface area contributed by atoms with Crippen molar-refractivity contribution in [3.8, 4) is 0 Å². The lowest BCUT2D eigenvalue weighted by molar-refractivity contribution is -0.126. The molecular formula is C27H38N4O3S. The summed E-state index contributed by atoms with van der Waals surface area (Å²) in [6, 6.07) is 9.48. The Labute approximate surface area is 209 Å². The Morgan fingerprint density at radius 3 is 2.49 bits per heavy atom. The smallest absolute Gasteiger partial charge is 0.243 e. The van der Waals surface area contributed by atoms with Gasteiger partial charge < -0.3 is 10.2 Å². The van der Waals surface area contributed by atoms with Crippen LogP contribution in [0, 0.1) is 11.8 Å². The molecular weight excluding hydrogens is 460 g/mol. The number of aromatic nitrogens is 1. The summed E-state index contributed by atoms with van der Waals surface area (Å²) in [5.41, 5.74) is 0.781. The van der Waals surface area contributed by atoms with Crippen LogP contribution in [0.1, 0.15) is 64.7 Å². The molecule has 1 saturated carbocycles. The summed E-state index contributed by atoms with van der Waals surface area (Å²) in [4.78, 5) is 20.4. The molecule has 35 heavy (non-hydrogen) atoms. The maximum atomic E-state index is 13.1. The maximum absolute atomic E-state index is 13.1. The van der Waals surface area contributed by atoms with E-state index < -0.39 is 10.0 Å². The normalized spacial score (nSPS) is 26.5. The van der Waals surface area contributed by atoms with Crippen LogP contribution in [-0.4, -0.2) is 55.8 Å². The second kappa shape index (κ2) is 10.4. The van der Waals surface area contributed by atoms with Crippen molar-refractivity contribution < 1.29 is 13.2 Å². The molecule has 1 amide bonds. The summed E-state index contributed by atoms with van der Waals surface area (Å²) in [6.45, 7) is 5.05. The Bertz CT molecular complexity index is 1150. The third-order valence-electron chi connectivity index (χ3n) is 8.08. The second-order valence-electron chi connectivity index (χ2n) is 10.7. The van der Waals surface area contributed by atoms with Gasteiger partial charge in [-0.25, -0.2) is 13.4 Å². The van der Waals surface area contributed by atoms with E-state index in [1.165, 1.54) is 12.8 Å².